The summed E-state index contributed by atoms with van der Waals surface area (Å²) in [6, 6.07) is 1.75. The zero-order valence-corrected chi connectivity index (χ0v) is 9.20. The number of nitriles is 1. The summed E-state index contributed by atoms with van der Waals surface area (Å²) in [6.45, 7) is 4.86. The molecule has 0 radical (unpaired) electrons. The van der Waals surface area contributed by atoms with Gasteiger partial charge < -0.3 is 9.35 Å². The Morgan fingerprint density at radius 2 is 1.67 bits per heavy atom. The number of ketones is 1. The molecule has 4 heteroatoms. The van der Waals surface area contributed by atoms with Crippen molar-refractivity contribution >= 4 is 17.0 Å². The van der Waals surface area contributed by atoms with Crippen molar-refractivity contribution in [2.75, 3.05) is 12.5 Å². The van der Waals surface area contributed by atoms with Crippen LogP contribution in [0.25, 0.3) is 0 Å². The molecule has 0 spiro atoms. The maximum atomic E-state index is 9.81. The van der Waals surface area contributed by atoms with Gasteiger partial charge in [-0.1, -0.05) is 18.1 Å². The van der Waals surface area contributed by atoms with Crippen molar-refractivity contribution in [1.29, 1.82) is 5.26 Å². The molecule has 0 fully saturated rings. The Hall–Kier alpha value is -0.530. The summed E-state index contributed by atoms with van der Waals surface area (Å²) in [4.78, 5) is 9.81. The lowest BCUT2D eigenvalue weighted by Crippen LogP contribution is -1.86. The predicted octanol–water partition coefficient (Wildman–Crippen LogP) is 1.51. The van der Waals surface area contributed by atoms with Gasteiger partial charge in [0, 0.05) is 13.3 Å². The number of Topliss-reactive ketones (excluding diaryl/α,β-unsaturated/α-hetero) is 1. The summed E-state index contributed by atoms with van der Waals surface area (Å²) in [5.41, 5.74) is 0. The summed E-state index contributed by atoms with van der Waals surface area (Å²) >= 11 is -0.611. The Bertz CT molecular complexity index is 127. The van der Waals surface area contributed by atoms with E-state index in [-0.39, 0.29) is 5.78 Å². The molecular formula is C8H17NO2S. The van der Waals surface area contributed by atoms with E-state index >= 15 is 0 Å². The van der Waals surface area contributed by atoms with Crippen LogP contribution in [-0.4, -0.2) is 22.8 Å². The van der Waals surface area contributed by atoms with Gasteiger partial charge in [-0.05, 0) is 6.92 Å². The zero-order valence-electron chi connectivity index (χ0n) is 8.38. The Labute approximate surface area is 78.0 Å². The van der Waals surface area contributed by atoms with E-state index in [1.807, 2.05) is 6.92 Å². The van der Waals surface area contributed by atoms with Gasteiger partial charge in [0.15, 0.2) is 0 Å². The van der Waals surface area contributed by atoms with Crippen LogP contribution in [0, 0.1) is 11.3 Å². The van der Waals surface area contributed by atoms with Gasteiger partial charge in [0.1, 0.15) is 5.78 Å². The van der Waals surface area contributed by atoms with E-state index < -0.39 is 11.2 Å². The predicted molar refractivity (Wildman–Crippen MR) is 52.2 cm³/mol. The highest BCUT2D eigenvalue weighted by Crippen LogP contribution is 1.71. The second kappa shape index (κ2) is 16.8. The molecule has 0 rings (SSSR count). The number of hydrogen-bond acceptors (Lipinski definition) is 3. The van der Waals surface area contributed by atoms with Gasteiger partial charge in [-0.2, -0.15) is 5.26 Å². The minimum absolute atomic E-state index is 0.255. The molecule has 0 saturated carbocycles. The van der Waals surface area contributed by atoms with Gasteiger partial charge in [0.05, 0.1) is 18.6 Å². The molecule has 0 bridgehead atoms. The summed E-state index contributed by atoms with van der Waals surface area (Å²) in [5, 5.41) is 7.32. The van der Waals surface area contributed by atoms with E-state index in [0.29, 0.717) is 6.42 Å². The van der Waals surface area contributed by atoms with Crippen molar-refractivity contribution in [2.24, 2.45) is 0 Å². The largest absolute Gasteiger partial charge is 0.617 e. The Morgan fingerprint density at radius 3 is 1.67 bits per heavy atom. The van der Waals surface area contributed by atoms with Crippen LogP contribution in [0.4, 0.5) is 0 Å². The van der Waals surface area contributed by atoms with Crippen LogP contribution < -0.4 is 0 Å². The SMILES string of the molecule is CC#N.CCC(C)=O.C[S+](C)[O-]. The number of nitrogens with zero attached hydrogens (tertiary/aromatic N) is 1. The number of carbonyl (C=O) groups is 1. The van der Waals surface area contributed by atoms with Crippen LogP contribution in [0.2, 0.25) is 0 Å². The highest BCUT2D eigenvalue weighted by Gasteiger charge is 1.76. The first-order valence-electron chi connectivity index (χ1n) is 3.47. The maximum Gasteiger partial charge on any atom is 0.129 e. The van der Waals surface area contributed by atoms with E-state index in [1.54, 1.807) is 25.5 Å². The molecule has 72 valence electrons. The Morgan fingerprint density at radius 1 is 1.58 bits per heavy atom. The van der Waals surface area contributed by atoms with E-state index in [2.05, 4.69) is 0 Å². The van der Waals surface area contributed by atoms with Crippen LogP contribution >= 0.6 is 0 Å². The van der Waals surface area contributed by atoms with Crippen LogP contribution in [-0.2, 0) is 16.0 Å². The number of hydrogen-bond donors (Lipinski definition) is 0. The third-order valence-corrected chi connectivity index (χ3v) is 0.498. The molecular weight excluding hydrogens is 174 g/mol. The van der Waals surface area contributed by atoms with Gasteiger partial charge in [-0.3, -0.25) is 0 Å². The first-order chi connectivity index (χ1) is 5.42. The van der Waals surface area contributed by atoms with Crippen LogP contribution in [0.15, 0.2) is 0 Å². The molecule has 12 heavy (non-hydrogen) atoms. The van der Waals surface area contributed by atoms with E-state index in [4.69, 9.17) is 5.26 Å². The molecule has 0 N–H and O–H groups in total. The van der Waals surface area contributed by atoms with Gasteiger partial charge in [0.25, 0.3) is 0 Å². The molecule has 0 unspecified atom stereocenters. The minimum atomic E-state index is -0.611. The lowest BCUT2D eigenvalue weighted by molar-refractivity contribution is -0.116. The standard InChI is InChI=1S/C4H8O.C2H3N.C2H6OS/c1-3-4(2)5;1-2-3;1-4(2)3/h3H2,1-2H3;1H3;1-2H3. The first kappa shape index (κ1) is 17.5. The molecule has 0 aromatic rings. The van der Waals surface area contributed by atoms with Gasteiger partial charge >= 0.3 is 0 Å². The molecule has 0 aliphatic rings. The third-order valence-electron chi connectivity index (χ3n) is 0.498. The average Bonchev–Trinajstić information content (AvgIpc) is 1.88. The zero-order chi connectivity index (χ0) is 10.6. The highest BCUT2D eigenvalue weighted by atomic mass is 32.2. The molecule has 3 nitrogen and oxygen atoms in total. The van der Waals surface area contributed by atoms with Gasteiger partial charge in [-0.15, -0.1) is 0 Å². The molecule has 0 heterocycles. The number of carbonyl (C=O) groups excluding carboxylic acids is 1. The normalized spacial score (nSPS) is 6.83. The van der Waals surface area contributed by atoms with Gasteiger partial charge in [0.2, 0.25) is 0 Å². The maximum absolute atomic E-state index is 9.81. The second-order valence-electron chi connectivity index (χ2n) is 2.02. The summed E-state index contributed by atoms with van der Waals surface area (Å²) in [7, 11) is 0. The molecule has 0 saturated heterocycles. The fourth-order valence-corrected chi connectivity index (χ4v) is 0. The van der Waals surface area contributed by atoms with E-state index in [0.717, 1.165) is 0 Å². The third kappa shape index (κ3) is 314. The van der Waals surface area contributed by atoms with Crippen LogP contribution in [0.5, 0.6) is 0 Å². The van der Waals surface area contributed by atoms with Gasteiger partial charge in [-0.25, -0.2) is 0 Å². The van der Waals surface area contributed by atoms with Crippen molar-refractivity contribution in [1.82, 2.24) is 0 Å². The van der Waals surface area contributed by atoms with Crippen LogP contribution in [0.1, 0.15) is 27.2 Å². The van der Waals surface area contributed by atoms with E-state index in [1.165, 1.54) is 6.92 Å². The van der Waals surface area contributed by atoms with E-state index in [9.17, 15) is 9.35 Å². The lowest BCUT2D eigenvalue weighted by atomic mass is 10.4. The summed E-state index contributed by atoms with van der Waals surface area (Å²) < 4.78 is 9.56. The molecule has 0 amide bonds. The topological polar surface area (TPSA) is 63.9 Å². The fourth-order valence-electron chi connectivity index (χ4n) is 0. The average molecular weight is 191 g/mol. The Kier molecular flexibility index (Phi) is 24.6. The lowest BCUT2D eigenvalue weighted by Gasteiger charge is -1.87. The second-order valence-corrected chi connectivity index (χ2v) is 3.50. The van der Waals surface area contributed by atoms with Crippen molar-refractivity contribution in [3.8, 4) is 6.07 Å². The monoisotopic (exact) mass is 191 g/mol. The quantitative estimate of drug-likeness (QED) is 0.590. The molecule has 0 aromatic heterocycles. The molecule has 0 atom stereocenters. The fraction of sp³-hybridized carbons (Fsp3) is 0.750. The minimum Gasteiger partial charge on any atom is -0.617 e. The smallest absolute Gasteiger partial charge is 0.129 e. The van der Waals surface area contributed by atoms with Crippen molar-refractivity contribution < 1.29 is 9.35 Å². The van der Waals surface area contributed by atoms with Crippen molar-refractivity contribution in [3.63, 3.8) is 0 Å². The van der Waals surface area contributed by atoms with Crippen LogP contribution in [0.3, 0.4) is 0 Å². The summed E-state index contributed by atoms with van der Waals surface area (Å²) in [5.74, 6) is 0.255. The Balaban J connectivity index is -0.000000105. The first-order valence-corrected chi connectivity index (χ1v) is 5.44. The van der Waals surface area contributed by atoms with Crippen molar-refractivity contribution in [3.05, 3.63) is 0 Å². The molecule has 0 aliphatic carbocycles. The molecule has 0 aliphatic heterocycles. The molecule has 0 aromatic carbocycles. The van der Waals surface area contributed by atoms with Crippen molar-refractivity contribution in [2.45, 2.75) is 27.2 Å². The number of rotatable bonds is 1. The summed E-state index contributed by atoms with van der Waals surface area (Å²) in [6.07, 6.45) is 3.94. The highest BCUT2D eigenvalue weighted by molar-refractivity contribution is 7.89.